The van der Waals surface area contributed by atoms with E-state index in [0.717, 1.165) is 0 Å². The zero-order valence-corrected chi connectivity index (χ0v) is 5.64. The van der Waals surface area contributed by atoms with Gasteiger partial charge < -0.3 is 10.1 Å². The summed E-state index contributed by atoms with van der Waals surface area (Å²) in [6, 6.07) is 0. The SMILES string of the molecule is O=c1c(O)c[nH]c(C(F)F)c1F. The van der Waals surface area contributed by atoms with Crippen LogP contribution in [-0.4, -0.2) is 10.1 Å². The van der Waals surface area contributed by atoms with Crippen molar-refractivity contribution in [3.05, 3.63) is 27.9 Å². The highest BCUT2D eigenvalue weighted by atomic mass is 19.3. The van der Waals surface area contributed by atoms with Crippen molar-refractivity contribution in [2.45, 2.75) is 6.43 Å². The lowest BCUT2D eigenvalue weighted by Gasteiger charge is -2.00. The van der Waals surface area contributed by atoms with Gasteiger partial charge in [0.25, 0.3) is 11.9 Å². The van der Waals surface area contributed by atoms with Crippen LogP contribution in [0.25, 0.3) is 0 Å². The monoisotopic (exact) mass is 179 g/mol. The third-order valence-electron chi connectivity index (χ3n) is 1.25. The van der Waals surface area contributed by atoms with Gasteiger partial charge in [0.2, 0.25) is 0 Å². The molecular weight excluding hydrogens is 175 g/mol. The summed E-state index contributed by atoms with van der Waals surface area (Å²) in [6.45, 7) is 0. The van der Waals surface area contributed by atoms with Gasteiger partial charge in [-0.2, -0.15) is 0 Å². The highest BCUT2D eigenvalue weighted by Crippen LogP contribution is 2.18. The van der Waals surface area contributed by atoms with Gasteiger partial charge in [0.1, 0.15) is 5.69 Å². The topological polar surface area (TPSA) is 53.1 Å². The fraction of sp³-hybridized carbons (Fsp3) is 0.167. The summed E-state index contributed by atoms with van der Waals surface area (Å²) in [4.78, 5) is 12.3. The first kappa shape index (κ1) is 8.63. The molecule has 1 rings (SSSR count). The molecule has 0 bridgehead atoms. The standard InChI is InChI=1S/C6H4F3NO2/c7-3-4(6(8)9)10-1-2(11)5(3)12/h1,6,11H,(H,10,12). The summed E-state index contributed by atoms with van der Waals surface area (Å²) in [5.74, 6) is -2.57. The zero-order valence-electron chi connectivity index (χ0n) is 5.64. The molecule has 6 heteroatoms. The van der Waals surface area contributed by atoms with Crippen molar-refractivity contribution < 1.29 is 18.3 Å². The van der Waals surface area contributed by atoms with Crippen molar-refractivity contribution in [2.24, 2.45) is 0 Å². The lowest BCUT2D eigenvalue weighted by molar-refractivity contribution is 0.140. The largest absolute Gasteiger partial charge is 0.503 e. The molecule has 66 valence electrons. The van der Waals surface area contributed by atoms with Crippen LogP contribution >= 0.6 is 0 Å². The molecule has 0 aromatic carbocycles. The quantitative estimate of drug-likeness (QED) is 0.679. The molecule has 0 spiro atoms. The van der Waals surface area contributed by atoms with E-state index in [-0.39, 0.29) is 0 Å². The van der Waals surface area contributed by atoms with E-state index in [0.29, 0.717) is 6.20 Å². The Balaban J connectivity index is 3.37. The lowest BCUT2D eigenvalue weighted by atomic mass is 10.3. The minimum Gasteiger partial charge on any atom is -0.503 e. The molecule has 0 fully saturated rings. The Morgan fingerprint density at radius 3 is 2.58 bits per heavy atom. The van der Waals surface area contributed by atoms with Crippen LogP contribution in [0, 0.1) is 5.82 Å². The number of alkyl halides is 2. The number of halogens is 3. The van der Waals surface area contributed by atoms with Crippen LogP contribution in [0.3, 0.4) is 0 Å². The van der Waals surface area contributed by atoms with E-state index < -0.39 is 29.1 Å². The summed E-state index contributed by atoms with van der Waals surface area (Å²) in [5, 5.41) is 8.58. The average Bonchev–Trinajstić information content (AvgIpc) is 2.00. The molecule has 0 amide bonds. The van der Waals surface area contributed by atoms with E-state index in [9.17, 15) is 18.0 Å². The van der Waals surface area contributed by atoms with Crippen molar-refractivity contribution in [1.29, 1.82) is 0 Å². The maximum Gasteiger partial charge on any atom is 0.281 e. The number of hydrogen-bond acceptors (Lipinski definition) is 2. The van der Waals surface area contributed by atoms with Crippen molar-refractivity contribution in [3.8, 4) is 5.75 Å². The Bertz CT molecular complexity index is 347. The van der Waals surface area contributed by atoms with Crippen LogP contribution in [0.1, 0.15) is 12.1 Å². The van der Waals surface area contributed by atoms with Crippen molar-refractivity contribution in [2.75, 3.05) is 0 Å². The van der Waals surface area contributed by atoms with E-state index in [1.54, 1.807) is 4.98 Å². The molecule has 0 saturated carbocycles. The van der Waals surface area contributed by atoms with Gasteiger partial charge >= 0.3 is 0 Å². The summed E-state index contributed by atoms with van der Waals surface area (Å²) in [6.07, 6.45) is -2.48. The van der Waals surface area contributed by atoms with Crippen molar-refractivity contribution in [3.63, 3.8) is 0 Å². The molecule has 0 unspecified atom stereocenters. The Labute approximate surface area is 64.5 Å². The van der Waals surface area contributed by atoms with Crippen LogP contribution in [-0.2, 0) is 0 Å². The van der Waals surface area contributed by atoms with Crippen LogP contribution in [0.15, 0.2) is 11.0 Å². The van der Waals surface area contributed by atoms with E-state index in [1.165, 1.54) is 0 Å². The Hall–Kier alpha value is -1.46. The Kier molecular flexibility index (Phi) is 2.07. The molecule has 0 aliphatic rings. The summed E-state index contributed by atoms with van der Waals surface area (Å²) in [5.41, 5.74) is -2.54. The molecule has 1 aromatic heterocycles. The summed E-state index contributed by atoms with van der Waals surface area (Å²) >= 11 is 0. The van der Waals surface area contributed by atoms with Gasteiger partial charge in [-0.3, -0.25) is 4.79 Å². The highest BCUT2D eigenvalue weighted by Gasteiger charge is 2.17. The fourth-order valence-corrected chi connectivity index (χ4v) is 0.669. The second-order valence-electron chi connectivity index (χ2n) is 2.03. The number of hydrogen-bond donors (Lipinski definition) is 2. The first-order valence-electron chi connectivity index (χ1n) is 2.92. The van der Waals surface area contributed by atoms with Crippen molar-refractivity contribution in [1.82, 2.24) is 4.98 Å². The lowest BCUT2D eigenvalue weighted by Crippen LogP contribution is -2.11. The molecule has 12 heavy (non-hydrogen) atoms. The van der Waals surface area contributed by atoms with E-state index in [1.807, 2.05) is 0 Å². The van der Waals surface area contributed by atoms with Gasteiger partial charge in [-0.25, -0.2) is 13.2 Å². The van der Waals surface area contributed by atoms with Gasteiger partial charge in [-0.15, -0.1) is 0 Å². The summed E-state index contributed by atoms with van der Waals surface area (Å²) < 4.78 is 36.2. The van der Waals surface area contributed by atoms with Gasteiger partial charge in [0.05, 0.1) is 0 Å². The maximum atomic E-state index is 12.5. The number of rotatable bonds is 1. The van der Waals surface area contributed by atoms with E-state index in [2.05, 4.69) is 0 Å². The molecule has 1 aromatic rings. The van der Waals surface area contributed by atoms with Crippen LogP contribution in [0.4, 0.5) is 13.2 Å². The van der Waals surface area contributed by atoms with E-state index >= 15 is 0 Å². The molecule has 0 saturated heterocycles. The predicted octanol–water partition coefficient (Wildman–Crippen LogP) is 1.16. The van der Waals surface area contributed by atoms with Gasteiger partial charge in [-0.05, 0) is 0 Å². The molecule has 3 nitrogen and oxygen atoms in total. The number of aromatic nitrogens is 1. The molecule has 0 radical (unpaired) electrons. The van der Waals surface area contributed by atoms with Gasteiger partial charge in [0.15, 0.2) is 11.6 Å². The summed E-state index contributed by atoms with van der Waals surface area (Å²) in [7, 11) is 0. The molecule has 0 aliphatic heterocycles. The van der Waals surface area contributed by atoms with Gasteiger partial charge in [0, 0.05) is 6.20 Å². The first-order valence-corrected chi connectivity index (χ1v) is 2.92. The number of pyridine rings is 1. The van der Waals surface area contributed by atoms with E-state index in [4.69, 9.17) is 5.11 Å². The third kappa shape index (κ3) is 1.27. The number of H-pyrrole nitrogens is 1. The minimum absolute atomic E-state index is 0.618. The van der Waals surface area contributed by atoms with Crippen LogP contribution in [0.5, 0.6) is 5.75 Å². The minimum atomic E-state index is -3.10. The predicted molar refractivity (Wildman–Crippen MR) is 33.6 cm³/mol. The molecule has 2 N–H and O–H groups in total. The van der Waals surface area contributed by atoms with Gasteiger partial charge in [-0.1, -0.05) is 0 Å². The molecule has 0 aliphatic carbocycles. The molecular formula is C6H4F3NO2. The average molecular weight is 179 g/mol. The smallest absolute Gasteiger partial charge is 0.281 e. The second-order valence-corrected chi connectivity index (χ2v) is 2.03. The Morgan fingerprint density at radius 2 is 2.08 bits per heavy atom. The van der Waals surface area contributed by atoms with Crippen molar-refractivity contribution >= 4 is 0 Å². The third-order valence-corrected chi connectivity index (χ3v) is 1.25. The fourth-order valence-electron chi connectivity index (χ4n) is 0.669. The number of aromatic hydroxyl groups is 1. The Morgan fingerprint density at radius 1 is 1.50 bits per heavy atom. The number of aromatic amines is 1. The van der Waals surface area contributed by atoms with Crippen LogP contribution < -0.4 is 5.43 Å². The van der Waals surface area contributed by atoms with Crippen LogP contribution in [0.2, 0.25) is 0 Å². The molecule has 0 atom stereocenters. The maximum absolute atomic E-state index is 12.5. The second kappa shape index (κ2) is 2.88. The normalized spacial score (nSPS) is 10.7. The first-order chi connectivity index (χ1) is 5.54. The molecule has 1 heterocycles. The number of nitrogens with one attached hydrogen (secondary N) is 1. The highest BCUT2D eigenvalue weighted by molar-refractivity contribution is 5.20. The zero-order chi connectivity index (χ0) is 9.30.